The number of nitrogens with zero attached hydrogens (tertiary/aromatic N) is 3. The average molecular weight is 266 g/mol. The van der Waals surface area contributed by atoms with E-state index in [9.17, 15) is 14.5 Å². The Labute approximate surface area is 106 Å². The predicted octanol–water partition coefficient (Wildman–Crippen LogP) is 3.05. The van der Waals surface area contributed by atoms with Crippen molar-refractivity contribution in [2.75, 3.05) is 0 Å². The lowest BCUT2D eigenvalue weighted by atomic mass is 10.2. The number of hydrogen-bond acceptors (Lipinski definition) is 3. The van der Waals surface area contributed by atoms with Crippen molar-refractivity contribution >= 4 is 17.3 Å². The van der Waals surface area contributed by atoms with E-state index in [-0.39, 0.29) is 22.1 Å². The number of nitro benzene ring substituents is 1. The lowest BCUT2D eigenvalue weighted by molar-refractivity contribution is -0.384. The van der Waals surface area contributed by atoms with Crippen LogP contribution in [0.3, 0.4) is 0 Å². The van der Waals surface area contributed by atoms with E-state index in [4.69, 9.17) is 16.9 Å². The minimum absolute atomic E-state index is 0.0385. The van der Waals surface area contributed by atoms with Crippen LogP contribution in [0.1, 0.15) is 5.69 Å². The van der Waals surface area contributed by atoms with Gasteiger partial charge >= 0.3 is 0 Å². The third-order valence-corrected chi connectivity index (χ3v) is 2.63. The zero-order valence-corrected chi connectivity index (χ0v) is 9.56. The normalized spacial score (nSPS) is 10.1. The van der Waals surface area contributed by atoms with E-state index in [1.165, 1.54) is 22.9 Å². The second-order valence-electron chi connectivity index (χ2n) is 3.39. The Morgan fingerprint density at radius 2 is 2.22 bits per heavy atom. The number of rotatable bonds is 2. The molecule has 0 saturated carbocycles. The first-order valence-electron chi connectivity index (χ1n) is 4.76. The summed E-state index contributed by atoms with van der Waals surface area (Å²) in [5.74, 6) is -0.783. The van der Waals surface area contributed by atoms with Gasteiger partial charge in [0.1, 0.15) is 23.3 Å². The van der Waals surface area contributed by atoms with Gasteiger partial charge in [-0.15, -0.1) is 0 Å². The van der Waals surface area contributed by atoms with Gasteiger partial charge in [0.15, 0.2) is 0 Å². The molecular formula is C11H5ClFN3O2. The molecule has 2 rings (SSSR count). The molecule has 7 heteroatoms. The highest BCUT2D eigenvalue weighted by Gasteiger charge is 2.20. The molecule has 1 aromatic heterocycles. The van der Waals surface area contributed by atoms with E-state index in [0.717, 1.165) is 12.1 Å². The molecule has 0 atom stereocenters. The van der Waals surface area contributed by atoms with Gasteiger partial charge in [0.25, 0.3) is 5.69 Å². The molecule has 0 aliphatic heterocycles. The van der Waals surface area contributed by atoms with Crippen molar-refractivity contribution in [1.29, 1.82) is 5.26 Å². The van der Waals surface area contributed by atoms with Crippen molar-refractivity contribution in [3.63, 3.8) is 0 Å². The highest BCUT2D eigenvalue weighted by atomic mass is 35.5. The predicted molar refractivity (Wildman–Crippen MR) is 62.1 cm³/mol. The van der Waals surface area contributed by atoms with E-state index in [2.05, 4.69) is 0 Å². The molecule has 90 valence electrons. The molecule has 1 aromatic carbocycles. The molecule has 0 radical (unpaired) electrons. The zero-order chi connectivity index (χ0) is 13.3. The smallest absolute Gasteiger partial charge is 0.294 e. The first-order chi connectivity index (χ1) is 8.54. The van der Waals surface area contributed by atoms with Gasteiger partial charge in [0, 0.05) is 18.3 Å². The molecule has 0 bridgehead atoms. The Hall–Kier alpha value is -2.39. The van der Waals surface area contributed by atoms with Gasteiger partial charge in [0.2, 0.25) is 0 Å². The second kappa shape index (κ2) is 4.47. The number of hydrogen-bond donors (Lipinski definition) is 0. The van der Waals surface area contributed by atoms with Crippen molar-refractivity contribution in [2.45, 2.75) is 0 Å². The maximum atomic E-state index is 13.4. The summed E-state index contributed by atoms with van der Waals surface area (Å²) in [5, 5.41) is 19.4. The monoisotopic (exact) mass is 265 g/mol. The highest BCUT2D eigenvalue weighted by Crippen LogP contribution is 2.30. The molecular weight excluding hydrogens is 261 g/mol. The Morgan fingerprint density at radius 3 is 2.83 bits per heavy atom. The van der Waals surface area contributed by atoms with Gasteiger partial charge in [-0.1, -0.05) is 11.6 Å². The van der Waals surface area contributed by atoms with Crippen LogP contribution in [0, 0.1) is 27.3 Å². The molecule has 0 fully saturated rings. The molecule has 0 N–H and O–H groups in total. The lowest BCUT2D eigenvalue weighted by Gasteiger charge is -2.06. The van der Waals surface area contributed by atoms with Crippen LogP contribution in [0.5, 0.6) is 0 Å². The van der Waals surface area contributed by atoms with Gasteiger partial charge < -0.3 is 4.57 Å². The number of nitriles is 1. The lowest BCUT2D eigenvalue weighted by Crippen LogP contribution is -2.02. The van der Waals surface area contributed by atoms with Gasteiger partial charge in [-0.3, -0.25) is 10.1 Å². The highest BCUT2D eigenvalue weighted by molar-refractivity contribution is 6.31. The molecule has 0 saturated heterocycles. The Kier molecular flexibility index (Phi) is 3.00. The number of aromatic nitrogens is 1. The van der Waals surface area contributed by atoms with Crippen molar-refractivity contribution in [1.82, 2.24) is 4.57 Å². The zero-order valence-electron chi connectivity index (χ0n) is 8.80. The SMILES string of the molecule is N#Cc1cccn1-c1cc(F)c(Cl)cc1[N+](=O)[O-]. The van der Waals surface area contributed by atoms with Crippen molar-refractivity contribution in [3.05, 3.63) is 57.1 Å². The minimum Gasteiger partial charge on any atom is -0.302 e. The van der Waals surface area contributed by atoms with Gasteiger partial charge in [-0.25, -0.2) is 4.39 Å². The van der Waals surface area contributed by atoms with Crippen LogP contribution < -0.4 is 0 Å². The summed E-state index contributed by atoms with van der Waals surface area (Å²) >= 11 is 5.51. The van der Waals surface area contributed by atoms with Gasteiger partial charge in [-0.2, -0.15) is 5.26 Å². The Morgan fingerprint density at radius 1 is 1.50 bits per heavy atom. The fourth-order valence-corrected chi connectivity index (χ4v) is 1.70. The summed E-state index contributed by atoms with van der Waals surface area (Å²) < 4.78 is 14.6. The molecule has 0 amide bonds. The Balaban J connectivity index is 2.75. The van der Waals surface area contributed by atoms with Crippen molar-refractivity contribution in [2.24, 2.45) is 0 Å². The second-order valence-corrected chi connectivity index (χ2v) is 3.79. The summed E-state index contributed by atoms with van der Waals surface area (Å²) in [5.41, 5.74) is -0.239. The fourth-order valence-electron chi connectivity index (χ4n) is 1.55. The van der Waals surface area contributed by atoms with Crippen LogP contribution in [0.2, 0.25) is 5.02 Å². The van der Waals surface area contributed by atoms with Crippen LogP contribution in [0.25, 0.3) is 5.69 Å². The van der Waals surface area contributed by atoms with Crippen molar-refractivity contribution in [3.8, 4) is 11.8 Å². The topological polar surface area (TPSA) is 71.9 Å². The van der Waals surface area contributed by atoms with E-state index in [0.29, 0.717) is 0 Å². The number of halogens is 2. The molecule has 0 spiro atoms. The fraction of sp³-hybridized carbons (Fsp3) is 0. The van der Waals surface area contributed by atoms with E-state index < -0.39 is 10.7 Å². The maximum absolute atomic E-state index is 13.4. The molecule has 18 heavy (non-hydrogen) atoms. The van der Waals surface area contributed by atoms with Crippen molar-refractivity contribution < 1.29 is 9.31 Å². The number of nitro groups is 1. The van der Waals surface area contributed by atoms with E-state index in [1.807, 2.05) is 6.07 Å². The van der Waals surface area contributed by atoms with Gasteiger partial charge in [0.05, 0.1) is 9.95 Å². The van der Waals surface area contributed by atoms with Crippen LogP contribution in [0.15, 0.2) is 30.5 Å². The average Bonchev–Trinajstić information content (AvgIpc) is 2.79. The summed E-state index contributed by atoms with van der Waals surface area (Å²) in [6, 6.07) is 6.72. The van der Waals surface area contributed by atoms with Crippen LogP contribution in [-0.4, -0.2) is 9.49 Å². The molecule has 0 aliphatic carbocycles. The summed E-state index contributed by atoms with van der Waals surface area (Å²) in [6.45, 7) is 0. The largest absolute Gasteiger partial charge is 0.302 e. The van der Waals surface area contributed by atoms with Gasteiger partial charge in [-0.05, 0) is 12.1 Å². The van der Waals surface area contributed by atoms with Crippen LogP contribution in [0.4, 0.5) is 10.1 Å². The summed E-state index contributed by atoms with van der Waals surface area (Å²) in [4.78, 5) is 10.2. The quantitative estimate of drug-likeness (QED) is 0.619. The van der Waals surface area contributed by atoms with Crippen LogP contribution >= 0.6 is 11.6 Å². The standard InChI is InChI=1S/C11H5ClFN3O2/c12-8-4-11(16(17)18)10(5-9(8)13)15-3-1-2-7(15)6-14/h1-5H. The first kappa shape index (κ1) is 12.1. The molecule has 0 unspecified atom stereocenters. The summed E-state index contributed by atoms with van der Waals surface area (Å²) in [6.07, 6.45) is 1.44. The Bertz CT molecular complexity index is 675. The molecule has 1 heterocycles. The maximum Gasteiger partial charge on any atom is 0.294 e. The van der Waals surface area contributed by atoms with E-state index >= 15 is 0 Å². The minimum atomic E-state index is -0.783. The van der Waals surface area contributed by atoms with E-state index in [1.54, 1.807) is 0 Å². The molecule has 2 aromatic rings. The number of benzene rings is 1. The molecule has 5 nitrogen and oxygen atoms in total. The van der Waals surface area contributed by atoms with Crippen LogP contribution in [-0.2, 0) is 0 Å². The third kappa shape index (κ3) is 1.92. The summed E-state index contributed by atoms with van der Waals surface area (Å²) in [7, 11) is 0. The third-order valence-electron chi connectivity index (χ3n) is 2.34. The molecule has 0 aliphatic rings. The first-order valence-corrected chi connectivity index (χ1v) is 5.13.